The van der Waals surface area contributed by atoms with Gasteiger partial charge >= 0.3 is 0 Å². The number of aromatic amines is 1. The molecule has 3 heterocycles. The smallest absolute Gasteiger partial charge is 0.254 e. The van der Waals surface area contributed by atoms with E-state index in [0.29, 0.717) is 22.7 Å². The van der Waals surface area contributed by atoms with Crippen LogP contribution in [0.25, 0.3) is 17.2 Å². The van der Waals surface area contributed by atoms with Crippen LogP contribution in [0.1, 0.15) is 19.4 Å². The molecule has 0 aliphatic heterocycles. The molecular formula is C14H15FN4O. The lowest BCUT2D eigenvalue weighted by Crippen LogP contribution is -2.11. The lowest BCUT2D eigenvalue weighted by molar-refractivity contribution is 0.619. The second-order valence-corrected chi connectivity index (χ2v) is 3.96. The minimum absolute atomic E-state index is 0.216. The van der Waals surface area contributed by atoms with Crippen molar-refractivity contribution in [3.8, 4) is 11.5 Å². The molecule has 0 amide bonds. The van der Waals surface area contributed by atoms with Crippen LogP contribution in [0.2, 0.25) is 0 Å². The van der Waals surface area contributed by atoms with Gasteiger partial charge in [0, 0.05) is 18.0 Å². The largest absolute Gasteiger partial charge is 0.305 e. The van der Waals surface area contributed by atoms with E-state index in [1.54, 1.807) is 23.6 Å². The number of pyridine rings is 1. The number of hydrogen-bond donors (Lipinski definition) is 1. The summed E-state index contributed by atoms with van der Waals surface area (Å²) in [6.07, 6.45) is 4.33. The predicted octanol–water partition coefficient (Wildman–Crippen LogP) is 2.56. The van der Waals surface area contributed by atoms with E-state index < -0.39 is 0 Å². The van der Waals surface area contributed by atoms with Crippen LogP contribution in [0.15, 0.2) is 35.5 Å². The van der Waals surface area contributed by atoms with Crippen LogP contribution in [-0.4, -0.2) is 19.4 Å². The Morgan fingerprint density at radius 1 is 1.20 bits per heavy atom. The molecule has 0 saturated heterocycles. The summed E-state index contributed by atoms with van der Waals surface area (Å²) in [5.41, 5.74) is 1.45. The highest BCUT2D eigenvalue weighted by Gasteiger charge is 2.09. The lowest BCUT2D eigenvalue weighted by atomic mass is 10.3. The molecule has 0 aliphatic carbocycles. The molecule has 0 radical (unpaired) electrons. The van der Waals surface area contributed by atoms with Crippen LogP contribution in [-0.2, 0) is 0 Å². The summed E-state index contributed by atoms with van der Waals surface area (Å²) >= 11 is 0. The first-order chi connectivity index (χ1) is 9.65. The Kier molecular flexibility index (Phi) is 3.93. The first-order valence-electron chi connectivity index (χ1n) is 6.34. The minimum atomic E-state index is -0.379. The molecule has 20 heavy (non-hydrogen) atoms. The van der Waals surface area contributed by atoms with Gasteiger partial charge in [-0.3, -0.25) is 9.20 Å². The lowest BCUT2D eigenvalue weighted by Gasteiger charge is -2.01. The van der Waals surface area contributed by atoms with Crippen LogP contribution >= 0.6 is 0 Å². The first-order valence-corrected chi connectivity index (χ1v) is 6.34. The van der Waals surface area contributed by atoms with Crippen LogP contribution in [0.5, 0.6) is 0 Å². The molecule has 5 nitrogen and oxygen atoms in total. The second-order valence-electron chi connectivity index (χ2n) is 3.96. The average Bonchev–Trinajstić information content (AvgIpc) is 2.87. The van der Waals surface area contributed by atoms with Crippen molar-refractivity contribution in [2.45, 2.75) is 20.8 Å². The minimum Gasteiger partial charge on any atom is -0.305 e. The molecule has 0 bridgehead atoms. The van der Waals surface area contributed by atoms with Crippen molar-refractivity contribution in [3.05, 3.63) is 52.5 Å². The monoisotopic (exact) mass is 274 g/mol. The Balaban J connectivity index is 0.000000704. The third-order valence-electron chi connectivity index (χ3n) is 2.69. The molecule has 0 fully saturated rings. The second kappa shape index (κ2) is 5.64. The van der Waals surface area contributed by atoms with Gasteiger partial charge in [-0.15, -0.1) is 0 Å². The fourth-order valence-corrected chi connectivity index (χ4v) is 1.72. The molecule has 104 valence electrons. The van der Waals surface area contributed by atoms with Crippen molar-refractivity contribution in [1.29, 1.82) is 0 Å². The summed E-state index contributed by atoms with van der Waals surface area (Å²) < 4.78 is 14.8. The number of halogens is 1. The molecule has 0 aliphatic rings. The number of H-pyrrole nitrogens is 1. The quantitative estimate of drug-likeness (QED) is 0.741. The molecule has 0 aromatic carbocycles. The van der Waals surface area contributed by atoms with Crippen LogP contribution in [0.3, 0.4) is 0 Å². The van der Waals surface area contributed by atoms with Gasteiger partial charge in [0.1, 0.15) is 17.2 Å². The van der Waals surface area contributed by atoms with Gasteiger partial charge in [0.2, 0.25) is 0 Å². The third kappa shape index (κ3) is 2.45. The molecule has 1 N–H and O–H groups in total. The van der Waals surface area contributed by atoms with Gasteiger partial charge in [0.05, 0.1) is 6.20 Å². The number of rotatable bonds is 1. The summed E-state index contributed by atoms with van der Waals surface area (Å²) in [7, 11) is 0. The summed E-state index contributed by atoms with van der Waals surface area (Å²) in [5.74, 6) is -0.0140. The van der Waals surface area contributed by atoms with Crippen molar-refractivity contribution < 1.29 is 4.39 Å². The number of aryl methyl sites for hydroxylation is 1. The van der Waals surface area contributed by atoms with E-state index in [1.807, 2.05) is 13.8 Å². The van der Waals surface area contributed by atoms with Gasteiger partial charge in [0.25, 0.3) is 5.56 Å². The Morgan fingerprint density at radius 3 is 2.65 bits per heavy atom. The normalized spacial score (nSPS) is 10.2. The number of fused-ring (bicyclic) bond motifs is 1. The van der Waals surface area contributed by atoms with Gasteiger partial charge in [-0.25, -0.2) is 14.4 Å². The predicted molar refractivity (Wildman–Crippen MR) is 75.1 cm³/mol. The fraction of sp³-hybridized carbons (Fsp3) is 0.214. The van der Waals surface area contributed by atoms with Crippen molar-refractivity contribution in [3.63, 3.8) is 0 Å². The zero-order valence-electron chi connectivity index (χ0n) is 11.5. The number of imidazole rings is 1. The van der Waals surface area contributed by atoms with Crippen LogP contribution < -0.4 is 5.56 Å². The zero-order valence-corrected chi connectivity index (χ0v) is 11.5. The number of nitrogens with zero attached hydrogens (tertiary/aromatic N) is 3. The maximum Gasteiger partial charge on any atom is 0.254 e. The first kappa shape index (κ1) is 13.9. The Morgan fingerprint density at radius 2 is 1.95 bits per heavy atom. The molecule has 0 saturated carbocycles. The van der Waals surface area contributed by atoms with E-state index >= 15 is 0 Å². The Labute approximate surface area is 115 Å². The SMILES string of the molecule is CC.Cc1cnc(-c2cnc3ccc(F)cn23)[nH]c1=O. The van der Waals surface area contributed by atoms with E-state index in [4.69, 9.17) is 0 Å². The highest BCUT2D eigenvalue weighted by molar-refractivity contribution is 5.56. The van der Waals surface area contributed by atoms with Crippen molar-refractivity contribution in [1.82, 2.24) is 19.4 Å². The van der Waals surface area contributed by atoms with Gasteiger partial charge in [-0.2, -0.15) is 0 Å². The molecular weight excluding hydrogens is 259 g/mol. The van der Waals surface area contributed by atoms with Crippen molar-refractivity contribution in [2.75, 3.05) is 0 Å². The highest BCUT2D eigenvalue weighted by atomic mass is 19.1. The van der Waals surface area contributed by atoms with Crippen molar-refractivity contribution >= 4 is 5.65 Å². The van der Waals surface area contributed by atoms with Gasteiger partial charge in [-0.1, -0.05) is 13.8 Å². The van der Waals surface area contributed by atoms with Crippen molar-refractivity contribution in [2.24, 2.45) is 0 Å². The topological polar surface area (TPSA) is 63.1 Å². The zero-order chi connectivity index (χ0) is 14.7. The third-order valence-corrected chi connectivity index (χ3v) is 2.69. The van der Waals surface area contributed by atoms with E-state index in [-0.39, 0.29) is 11.4 Å². The number of nitrogens with one attached hydrogen (secondary N) is 1. The Hall–Kier alpha value is -2.50. The molecule has 0 atom stereocenters. The van der Waals surface area contributed by atoms with Gasteiger partial charge in [0.15, 0.2) is 5.82 Å². The standard InChI is InChI=1S/C12H9FN4O.C2H6/c1-7-4-15-11(16-12(7)18)9-5-14-10-3-2-8(13)6-17(9)10;1-2/h2-6H,1H3,(H,15,16,18);1-2H3. The summed E-state index contributed by atoms with van der Waals surface area (Å²) in [6, 6.07) is 2.89. The van der Waals surface area contributed by atoms with Gasteiger partial charge < -0.3 is 4.98 Å². The van der Waals surface area contributed by atoms with E-state index in [0.717, 1.165) is 0 Å². The molecule has 0 spiro atoms. The van der Waals surface area contributed by atoms with E-state index in [9.17, 15) is 9.18 Å². The molecule has 3 aromatic rings. The maximum atomic E-state index is 13.2. The van der Waals surface area contributed by atoms with E-state index in [1.165, 1.54) is 18.5 Å². The number of hydrogen-bond acceptors (Lipinski definition) is 3. The van der Waals surface area contributed by atoms with Gasteiger partial charge in [-0.05, 0) is 19.1 Å². The maximum absolute atomic E-state index is 13.2. The molecule has 0 unspecified atom stereocenters. The van der Waals surface area contributed by atoms with Crippen LogP contribution in [0, 0.1) is 12.7 Å². The molecule has 3 rings (SSSR count). The van der Waals surface area contributed by atoms with E-state index in [2.05, 4.69) is 15.0 Å². The number of aromatic nitrogens is 4. The fourth-order valence-electron chi connectivity index (χ4n) is 1.72. The average molecular weight is 274 g/mol. The summed E-state index contributed by atoms with van der Waals surface area (Å²) in [6.45, 7) is 5.67. The van der Waals surface area contributed by atoms with Crippen LogP contribution in [0.4, 0.5) is 4.39 Å². The molecule has 6 heteroatoms. The summed E-state index contributed by atoms with van der Waals surface area (Å²) in [4.78, 5) is 22.4. The molecule has 3 aromatic heterocycles. The Bertz CT molecular complexity index is 791. The highest BCUT2D eigenvalue weighted by Crippen LogP contribution is 2.16. The summed E-state index contributed by atoms with van der Waals surface area (Å²) in [5, 5.41) is 0.